The second-order valence-corrected chi connectivity index (χ2v) is 9.89. The van der Waals surface area contributed by atoms with Gasteiger partial charge < -0.3 is 15.4 Å². The number of imidazole rings is 1. The summed E-state index contributed by atoms with van der Waals surface area (Å²) >= 11 is 0. The molecular weight excluding hydrogens is 447 g/mol. The van der Waals surface area contributed by atoms with Crippen molar-refractivity contribution in [3.63, 3.8) is 0 Å². The highest BCUT2D eigenvalue weighted by atomic mass is 32.2. The predicted octanol–water partition coefficient (Wildman–Crippen LogP) is 3.39. The Morgan fingerprint density at radius 2 is 1.94 bits per heavy atom. The summed E-state index contributed by atoms with van der Waals surface area (Å²) in [5.74, 6) is -1.62. The van der Waals surface area contributed by atoms with Crippen molar-refractivity contribution in [2.45, 2.75) is 30.7 Å². The van der Waals surface area contributed by atoms with Crippen molar-refractivity contribution in [2.75, 3.05) is 19.6 Å². The van der Waals surface area contributed by atoms with Gasteiger partial charge in [0.25, 0.3) is 0 Å². The molecule has 3 N–H and O–H groups in total. The number of halogens is 1. The number of aromatic carboxylic acids is 1. The van der Waals surface area contributed by atoms with E-state index in [-0.39, 0.29) is 23.5 Å². The Morgan fingerprint density at radius 3 is 2.64 bits per heavy atom. The molecule has 0 atom stereocenters. The summed E-state index contributed by atoms with van der Waals surface area (Å²) in [6.45, 7) is 0.872. The minimum absolute atomic E-state index is 0.00764. The van der Waals surface area contributed by atoms with E-state index in [0.29, 0.717) is 35.2 Å². The lowest BCUT2D eigenvalue weighted by molar-refractivity contribution is 0.0697. The lowest BCUT2D eigenvalue weighted by Crippen LogP contribution is -2.35. The van der Waals surface area contributed by atoms with Crippen molar-refractivity contribution in [1.82, 2.24) is 13.9 Å². The highest BCUT2D eigenvalue weighted by Gasteiger charge is 2.26. The van der Waals surface area contributed by atoms with Gasteiger partial charge >= 0.3 is 5.97 Å². The Bertz CT molecular complexity index is 1330. The van der Waals surface area contributed by atoms with Crippen molar-refractivity contribution in [3.05, 3.63) is 60.2 Å². The molecule has 174 valence electrons. The van der Waals surface area contributed by atoms with Gasteiger partial charge in [0.1, 0.15) is 5.83 Å². The molecule has 0 unspecified atom stereocenters. The fraction of sp³-hybridized carbons (Fsp3) is 0.304. The van der Waals surface area contributed by atoms with Gasteiger partial charge in [-0.3, -0.25) is 0 Å². The number of hydrogen-bond acceptors (Lipinski definition) is 5. The minimum Gasteiger partial charge on any atom is -0.478 e. The zero-order chi connectivity index (χ0) is 23.6. The standard InChI is InChI=1S/C23H25FN4O4S/c24-18(7-8-25)14-27-15-26-22-20(12-17(23(29)30)13-21(22)27)16-5-4-6-19(11-16)33(31,32)28-9-2-1-3-10-28/h4-7,11-13,15H,1-3,8-10,14,25H2,(H,29,30)/b18-7-. The van der Waals surface area contributed by atoms with Crippen molar-refractivity contribution in [1.29, 1.82) is 0 Å². The summed E-state index contributed by atoms with van der Waals surface area (Å²) in [7, 11) is -3.67. The first kappa shape index (κ1) is 23.1. The summed E-state index contributed by atoms with van der Waals surface area (Å²) in [6, 6.07) is 9.31. The molecule has 3 aromatic rings. The molecule has 2 aromatic carbocycles. The Morgan fingerprint density at radius 1 is 1.18 bits per heavy atom. The first-order chi connectivity index (χ1) is 15.8. The number of nitrogens with zero attached hydrogens (tertiary/aromatic N) is 3. The summed E-state index contributed by atoms with van der Waals surface area (Å²) in [4.78, 5) is 16.3. The topological polar surface area (TPSA) is 119 Å². The first-order valence-electron chi connectivity index (χ1n) is 10.7. The first-order valence-corrected chi connectivity index (χ1v) is 12.1. The maximum atomic E-state index is 14.1. The number of benzene rings is 2. The highest BCUT2D eigenvalue weighted by molar-refractivity contribution is 7.89. The number of carboxylic acid groups (broad SMARTS) is 1. The maximum absolute atomic E-state index is 14.1. The van der Waals surface area contributed by atoms with E-state index in [9.17, 15) is 22.7 Å². The molecular formula is C23H25FN4O4S. The molecule has 10 heteroatoms. The molecule has 2 heterocycles. The van der Waals surface area contributed by atoms with Gasteiger partial charge in [0.15, 0.2) is 0 Å². The normalized spacial score (nSPS) is 15.8. The second kappa shape index (κ2) is 9.42. The fourth-order valence-electron chi connectivity index (χ4n) is 4.07. The number of aromatic nitrogens is 2. The van der Waals surface area contributed by atoms with Gasteiger partial charge in [-0.1, -0.05) is 18.6 Å². The van der Waals surface area contributed by atoms with Gasteiger partial charge in [-0.05, 0) is 48.7 Å². The fourth-order valence-corrected chi connectivity index (χ4v) is 5.63. The quantitative estimate of drug-likeness (QED) is 0.544. The van der Waals surface area contributed by atoms with E-state index in [1.807, 2.05) is 0 Å². The molecule has 0 aliphatic carbocycles. The minimum atomic E-state index is -3.67. The van der Waals surface area contributed by atoms with Crippen LogP contribution in [0.15, 0.2) is 59.5 Å². The Labute approximate surface area is 191 Å². The third-order valence-electron chi connectivity index (χ3n) is 5.73. The number of carboxylic acids is 1. The van der Waals surface area contributed by atoms with Crippen LogP contribution in [-0.4, -0.2) is 53.0 Å². The summed E-state index contributed by atoms with van der Waals surface area (Å²) in [5.41, 5.74) is 7.22. The van der Waals surface area contributed by atoms with Gasteiger partial charge in [-0.25, -0.2) is 22.6 Å². The van der Waals surface area contributed by atoms with Crippen LogP contribution in [0.5, 0.6) is 0 Å². The molecule has 33 heavy (non-hydrogen) atoms. The lowest BCUT2D eigenvalue weighted by atomic mass is 10.0. The highest BCUT2D eigenvalue weighted by Crippen LogP contribution is 2.32. The molecule has 8 nitrogen and oxygen atoms in total. The van der Waals surface area contributed by atoms with Crippen LogP contribution in [-0.2, 0) is 16.6 Å². The van der Waals surface area contributed by atoms with Crippen LogP contribution >= 0.6 is 0 Å². The Hall–Kier alpha value is -3.08. The molecule has 0 radical (unpaired) electrons. The maximum Gasteiger partial charge on any atom is 0.335 e. The molecule has 1 fully saturated rings. The van der Waals surface area contributed by atoms with Gasteiger partial charge in [0.05, 0.1) is 34.4 Å². The van der Waals surface area contributed by atoms with E-state index >= 15 is 0 Å². The zero-order valence-electron chi connectivity index (χ0n) is 17.9. The number of hydrogen-bond donors (Lipinski definition) is 2. The molecule has 1 aliphatic rings. The third-order valence-corrected chi connectivity index (χ3v) is 7.63. The van der Waals surface area contributed by atoms with Crippen LogP contribution in [0.1, 0.15) is 29.6 Å². The van der Waals surface area contributed by atoms with E-state index in [2.05, 4.69) is 4.98 Å². The van der Waals surface area contributed by atoms with Crippen molar-refractivity contribution >= 4 is 27.0 Å². The number of nitrogens with two attached hydrogens (primary N) is 1. The van der Waals surface area contributed by atoms with Gasteiger partial charge in [-0.2, -0.15) is 4.31 Å². The third kappa shape index (κ3) is 4.68. The van der Waals surface area contributed by atoms with Gasteiger partial charge in [0.2, 0.25) is 10.0 Å². The van der Waals surface area contributed by atoms with E-state index in [1.54, 1.807) is 12.1 Å². The van der Waals surface area contributed by atoms with Crippen LogP contribution < -0.4 is 5.73 Å². The zero-order valence-corrected chi connectivity index (χ0v) is 18.8. The monoisotopic (exact) mass is 472 g/mol. The predicted molar refractivity (Wildman–Crippen MR) is 123 cm³/mol. The second-order valence-electron chi connectivity index (χ2n) is 7.95. The van der Waals surface area contributed by atoms with Crippen LogP contribution in [0, 0.1) is 0 Å². The molecule has 1 aliphatic heterocycles. The van der Waals surface area contributed by atoms with Gasteiger partial charge in [0, 0.05) is 25.2 Å². The van der Waals surface area contributed by atoms with E-state index in [0.717, 1.165) is 19.3 Å². The number of piperidine rings is 1. The summed E-state index contributed by atoms with van der Waals surface area (Å²) < 4.78 is 43.4. The number of fused-ring (bicyclic) bond motifs is 1. The molecule has 0 saturated carbocycles. The van der Waals surface area contributed by atoms with E-state index < -0.39 is 21.8 Å². The average Bonchev–Trinajstić information content (AvgIpc) is 3.21. The Balaban J connectivity index is 1.83. The van der Waals surface area contributed by atoms with Crippen LogP contribution in [0.2, 0.25) is 0 Å². The van der Waals surface area contributed by atoms with Crippen LogP contribution in [0.3, 0.4) is 0 Å². The van der Waals surface area contributed by atoms with Crippen LogP contribution in [0.4, 0.5) is 4.39 Å². The number of sulfonamides is 1. The molecule has 0 amide bonds. The lowest BCUT2D eigenvalue weighted by Gasteiger charge is -2.26. The molecule has 1 saturated heterocycles. The average molecular weight is 473 g/mol. The van der Waals surface area contributed by atoms with Crippen molar-refractivity contribution in [2.24, 2.45) is 5.73 Å². The number of carbonyl (C=O) groups is 1. The van der Waals surface area contributed by atoms with Gasteiger partial charge in [-0.15, -0.1) is 0 Å². The molecule has 4 rings (SSSR count). The van der Waals surface area contributed by atoms with E-state index in [1.165, 1.54) is 45.5 Å². The molecule has 0 bridgehead atoms. The Kier molecular flexibility index (Phi) is 6.59. The smallest absolute Gasteiger partial charge is 0.335 e. The SMILES string of the molecule is NC/C=C(\F)Cn1cnc2c(-c3cccc(S(=O)(=O)N4CCCCC4)c3)cc(C(=O)O)cc21. The molecule has 0 spiro atoms. The number of rotatable bonds is 7. The summed E-state index contributed by atoms with van der Waals surface area (Å²) in [5, 5.41) is 9.63. The molecule has 1 aromatic heterocycles. The van der Waals surface area contributed by atoms with Crippen LogP contribution in [0.25, 0.3) is 22.2 Å². The van der Waals surface area contributed by atoms with E-state index in [4.69, 9.17) is 5.73 Å². The van der Waals surface area contributed by atoms with Crippen molar-refractivity contribution < 1.29 is 22.7 Å². The summed E-state index contributed by atoms with van der Waals surface area (Å²) in [6.07, 6.45) is 5.33. The van der Waals surface area contributed by atoms with Crippen molar-refractivity contribution in [3.8, 4) is 11.1 Å². The largest absolute Gasteiger partial charge is 0.478 e. The number of allylic oxidation sites excluding steroid dienone is 1.